The topological polar surface area (TPSA) is 52.6 Å². The van der Waals surface area contributed by atoms with Crippen LogP contribution >= 0.6 is 46.4 Å². The molecule has 0 heterocycles. The van der Waals surface area contributed by atoms with Gasteiger partial charge in [0.05, 0.1) is 12.8 Å². The van der Waals surface area contributed by atoms with E-state index in [-0.39, 0.29) is 12.8 Å². The molecule has 126 valence electrons. The Morgan fingerprint density at radius 2 is 1.08 bits per heavy atom. The van der Waals surface area contributed by atoms with Crippen molar-refractivity contribution in [3.8, 4) is 0 Å². The monoisotopic (exact) mass is 406 g/mol. The summed E-state index contributed by atoms with van der Waals surface area (Å²) in [6, 6.07) is 9.35. The maximum atomic E-state index is 11.7. The maximum Gasteiger partial charge on any atom is 0.359 e. The van der Waals surface area contributed by atoms with E-state index in [2.05, 4.69) is 9.78 Å². The molecular weight excluding hydrogens is 398 g/mol. The highest BCUT2D eigenvalue weighted by Crippen LogP contribution is 2.23. The third-order valence-electron chi connectivity index (χ3n) is 2.93. The molecule has 0 fully saturated rings. The van der Waals surface area contributed by atoms with Crippen LogP contribution in [0.3, 0.4) is 0 Å². The summed E-state index contributed by atoms with van der Waals surface area (Å²) in [4.78, 5) is 32.3. The first-order valence-electron chi connectivity index (χ1n) is 6.63. The molecule has 0 saturated carbocycles. The molecule has 0 aliphatic rings. The van der Waals surface area contributed by atoms with Gasteiger partial charge in [-0.2, -0.15) is 0 Å². The molecular formula is C16H10Cl4O4. The Morgan fingerprint density at radius 1 is 0.708 bits per heavy atom. The van der Waals surface area contributed by atoms with Gasteiger partial charge in [0.2, 0.25) is 0 Å². The summed E-state index contributed by atoms with van der Waals surface area (Å²) < 4.78 is 0. The molecule has 0 atom stereocenters. The largest absolute Gasteiger partial charge is 0.359 e. The average molecular weight is 408 g/mol. The van der Waals surface area contributed by atoms with Crippen LogP contribution in [0.4, 0.5) is 0 Å². The van der Waals surface area contributed by atoms with E-state index in [1.807, 2.05) is 0 Å². The lowest BCUT2D eigenvalue weighted by molar-refractivity contribution is -0.258. The Balaban J connectivity index is 1.85. The number of carbonyl (C=O) groups excluding carboxylic acids is 2. The normalized spacial score (nSPS) is 10.3. The average Bonchev–Trinajstić information content (AvgIpc) is 2.51. The lowest BCUT2D eigenvalue weighted by Gasteiger charge is -2.06. The van der Waals surface area contributed by atoms with Gasteiger partial charge in [-0.3, -0.25) is 0 Å². The molecule has 8 heteroatoms. The second-order valence-corrected chi connectivity index (χ2v) is 6.42. The Hall–Kier alpha value is -1.46. The van der Waals surface area contributed by atoms with E-state index >= 15 is 0 Å². The summed E-state index contributed by atoms with van der Waals surface area (Å²) in [5.74, 6) is -1.54. The van der Waals surface area contributed by atoms with Crippen molar-refractivity contribution in [2.45, 2.75) is 12.8 Å². The zero-order chi connectivity index (χ0) is 17.7. The van der Waals surface area contributed by atoms with Crippen LogP contribution in [0, 0.1) is 0 Å². The highest BCUT2D eigenvalue weighted by atomic mass is 35.5. The molecule has 0 radical (unpaired) electrons. The third kappa shape index (κ3) is 5.56. The van der Waals surface area contributed by atoms with Crippen molar-refractivity contribution in [1.29, 1.82) is 0 Å². The van der Waals surface area contributed by atoms with E-state index in [1.165, 1.54) is 12.1 Å². The standard InChI is InChI=1S/C16H10Cl4O4/c17-11-3-1-9(13(19)7-11)5-15(21)23-24-16(22)6-10-2-4-12(18)8-14(10)20/h1-4,7-8H,5-6H2. The van der Waals surface area contributed by atoms with Crippen molar-refractivity contribution in [3.05, 3.63) is 67.6 Å². The van der Waals surface area contributed by atoms with E-state index in [0.29, 0.717) is 31.2 Å². The molecule has 2 aromatic carbocycles. The minimum absolute atomic E-state index is 0.162. The smallest absolute Gasteiger partial charge is 0.247 e. The van der Waals surface area contributed by atoms with Gasteiger partial charge in [-0.05, 0) is 35.4 Å². The molecule has 2 aromatic rings. The van der Waals surface area contributed by atoms with E-state index < -0.39 is 11.9 Å². The minimum atomic E-state index is -0.769. The number of rotatable bonds is 4. The maximum absolute atomic E-state index is 11.7. The van der Waals surface area contributed by atoms with Crippen molar-refractivity contribution < 1.29 is 19.4 Å². The van der Waals surface area contributed by atoms with Crippen LogP contribution < -0.4 is 0 Å². The summed E-state index contributed by atoms with van der Waals surface area (Å²) in [5, 5.41) is 1.53. The molecule has 24 heavy (non-hydrogen) atoms. The molecule has 0 bridgehead atoms. The zero-order valence-electron chi connectivity index (χ0n) is 12.0. The fraction of sp³-hybridized carbons (Fsp3) is 0.125. The van der Waals surface area contributed by atoms with E-state index in [4.69, 9.17) is 46.4 Å². The molecule has 0 aliphatic carbocycles. The lowest BCUT2D eigenvalue weighted by Crippen LogP contribution is -2.15. The molecule has 0 saturated heterocycles. The second kappa shape index (κ2) is 8.58. The van der Waals surface area contributed by atoms with Crippen molar-refractivity contribution in [2.24, 2.45) is 0 Å². The van der Waals surface area contributed by atoms with Crippen molar-refractivity contribution in [2.75, 3.05) is 0 Å². The van der Waals surface area contributed by atoms with Gasteiger partial charge in [0.1, 0.15) is 0 Å². The predicted octanol–water partition coefficient (Wildman–Crippen LogP) is 5.09. The summed E-state index contributed by atoms with van der Waals surface area (Å²) in [6.45, 7) is 0. The summed E-state index contributed by atoms with van der Waals surface area (Å²) in [7, 11) is 0. The van der Waals surface area contributed by atoms with Crippen LogP contribution in [0.15, 0.2) is 36.4 Å². The SMILES string of the molecule is O=C(Cc1ccc(Cl)cc1Cl)OOC(=O)Cc1ccc(Cl)cc1Cl. The van der Waals surface area contributed by atoms with Crippen LogP contribution in [-0.4, -0.2) is 11.9 Å². The quantitative estimate of drug-likeness (QED) is 0.523. The van der Waals surface area contributed by atoms with Crippen LogP contribution in [-0.2, 0) is 32.2 Å². The fourth-order valence-corrected chi connectivity index (χ4v) is 2.74. The molecule has 0 unspecified atom stereocenters. The number of benzene rings is 2. The molecule has 0 aliphatic heterocycles. The van der Waals surface area contributed by atoms with Crippen LogP contribution in [0.2, 0.25) is 20.1 Å². The number of hydrogen-bond acceptors (Lipinski definition) is 4. The van der Waals surface area contributed by atoms with Crippen LogP contribution in [0.5, 0.6) is 0 Å². The van der Waals surface area contributed by atoms with Gasteiger partial charge >= 0.3 is 11.9 Å². The van der Waals surface area contributed by atoms with E-state index in [0.717, 1.165) is 0 Å². The first kappa shape index (κ1) is 18.9. The van der Waals surface area contributed by atoms with Gasteiger partial charge in [-0.25, -0.2) is 19.4 Å². The van der Waals surface area contributed by atoms with Crippen molar-refractivity contribution >= 4 is 58.3 Å². The molecule has 0 amide bonds. The lowest BCUT2D eigenvalue weighted by atomic mass is 10.1. The number of carbonyl (C=O) groups is 2. The van der Waals surface area contributed by atoms with Gasteiger partial charge in [0.15, 0.2) is 0 Å². The van der Waals surface area contributed by atoms with Gasteiger partial charge in [0.25, 0.3) is 0 Å². The van der Waals surface area contributed by atoms with Gasteiger partial charge < -0.3 is 0 Å². The fourth-order valence-electron chi connectivity index (χ4n) is 1.79. The Morgan fingerprint density at radius 3 is 1.42 bits per heavy atom. The summed E-state index contributed by atoms with van der Waals surface area (Å²) in [5.41, 5.74) is 1.01. The molecule has 0 aromatic heterocycles. The zero-order valence-corrected chi connectivity index (χ0v) is 15.0. The van der Waals surface area contributed by atoms with E-state index in [9.17, 15) is 9.59 Å². The molecule has 0 N–H and O–H groups in total. The Labute approximate surface area is 158 Å². The highest BCUT2D eigenvalue weighted by Gasteiger charge is 2.14. The van der Waals surface area contributed by atoms with Crippen molar-refractivity contribution in [3.63, 3.8) is 0 Å². The Bertz CT molecular complexity index is 711. The first-order chi connectivity index (χ1) is 11.3. The van der Waals surface area contributed by atoms with Gasteiger partial charge in [-0.15, -0.1) is 0 Å². The first-order valence-corrected chi connectivity index (χ1v) is 8.14. The number of hydrogen-bond donors (Lipinski definition) is 0. The second-order valence-electron chi connectivity index (χ2n) is 4.74. The summed E-state index contributed by atoms with van der Waals surface area (Å²) >= 11 is 23.4. The van der Waals surface area contributed by atoms with E-state index in [1.54, 1.807) is 24.3 Å². The predicted molar refractivity (Wildman–Crippen MR) is 92.5 cm³/mol. The van der Waals surface area contributed by atoms with Gasteiger partial charge in [0, 0.05) is 20.1 Å². The molecule has 4 nitrogen and oxygen atoms in total. The summed E-state index contributed by atoms with van der Waals surface area (Å²) in [6.07, 6.45) is -0.323. The minimum Gasteiger partial charge on any atom is -0.247 e. The van der Waals surface area contributed by atoms with Crippen LogP contribution in [0.1, 0.15) is 11.1 Å². The Kier molecular flexibility index (Phi) is 6.75. The van der Waals surface area contributed by atoms with Crippen molar-refractivity contribution in [1.82, 2.24) is 0 Å². The van der Waals surface area contributed by atoms with Crippen LogP contribution in [0.25, 0.3) is 0 Å². The molecule has 0 spiro atoms. The number of halogens is 4. The molecule has 2 rings (SSSR count). The van der Waals surface area contributed by atoms with Gasteiger partial charge in [-0.1, -0.05) is 58.5 Å². The highest BCUT2D eigenvalue weighted by molar-refractivity contribution is 6.35. The third-order valence-corrected chi connectivity index (χ3v) is 4.10.